The van der Waals surface area contributed by atoms with Gasteiger partial charge in [0.1, 0.15) is 6.61 Å². The van der Waals surface area contributed by atoms with Gasteiger partial charge in [0.2, 0.25) is 0 Å². The predicted molar refractivity (Wildman–Crippen MR) is 110 cm³/mol. The number of benzene rings is 2. The maximum atomic E-state index is 12.1. The van der Waals surface area contributed by atoms with Gasteiger partial charge in [-0.25, -0.2) is 4.79 Å². The first-order valence-corrected chi connectivity index (χ1v) is 9.46. The van der Waals surface area contributed by atoms with Gasteiger partial charge in [-0.05, 0) is 28.7 Å². The number of rotatable bonds is 6. The second kappa shape index (κ2) is 8.13. The highest BCUT2D eigenvalue weighted by Gasteiger charge is 2.28. The monoisotopic (exact) mass is 373 g/mol. The third-order valence-electron chi connectivity index (χ3n) is 4.96. The number of fused-ring (bicyclic) bond motifs is 3. The van der Waals surface area contributed by atoms with Crippen LogP contribution >= 0.6 is 0 Å². The number of nitrogens with zero attached hydrogens (tertiary/aromatic N) is 2. The molecule has 4 rings (SSSR count). The van der Waals surface area contributed by atoms with E-state index in [1.165, 1.54) is 22.3 Å². The molecule has 0 atom stereocenters. The van der Waals surface area contributed by atoms with Crippen LogP contribution in [0.5, 0.6) is 0 Å². The minimum absolute atomic E-state index is 0.0867. The molecule has 0 saturated carbocycles. The molecule has 0 aliphatic heterocycles. The standard InChI is InChI=1S/C23H23N3O2/c1-26-15-17(14-25-26)8-6-7-13-24-23(27)28-16-22-20-11-4-2-9-18(20)19-10-3-5-12-21(19)22/h2-6,8-12,14-15,22H,7,13,16H2,1H3,(H,24,27). The topological polar surface area (TPSA) is 56.2 Å². The van der Waals surface area contributed by atoms with Crippen molar-refractivity contribution in [3.63, 3.8) is 0 Å². The number of hydrogen-bond acceptors (Lipinski definition) is 3. The number of aromatic nitrogens is 2. The highest BCUT2D eigenvalue weighted by atomic mass is 16.5. The SMILES string of the molecule is Cn1cc(C=CCCNC(=O)OCC2c3ccccc3-c3ccccc32)cn1. The molecule has 0 fully saturated rings. The fourth-order valence-electron chi connectivity index (χ4n) is 3.65. The summed E-state index contributed by atoms with van der Waals surface area (Å²) in [7, 11) is 1.88. The number of amides is 1. The van der Waals surface area contributed by atoms with E-state index in [1.807, 2.05) is 49.7 Å². The molecular weight excluding hydrogens is 350 g/mol. The molecule has 0 bridgehead atoms. The van der Waals surface area contributed by atoms with Crippen LogP contribution in [0, 0.1) is 0 Å². The van der Waals surface area contributed by atoms with Crippen molar-refractivity contribution in [1.29, 1.82) is 0 Å². The second-order valence-electron chi connectivity index (χ2n) is 6.89. The van der Waals surface area contributed by atoms with Crippen molar-refractivity contribution in [2.24, 2.45) is 7.05 Å². The van der Waals surface area contributed by atoms with E-state index >= 15 is 0 Å². The van der Waals surface area contributed by atoms with Gasteiger partial charge in [0.15, 0.2) is 0 Å². The second-order valence-corrected chi connectivity index (χ2v) is 6.89. The van der Waals surface area contributed by atoms with Crippen LogP contribution in [-0.4, -0.2) is 29.0 Å². The molecule has 1 aromatic heterocycles. The van der Waals surface area contributed by atoms with Gasteiger partial charge in [0, 0.05) is 31.3 Å². The summed E-state index contributed by atoms with van der Waals surface area (Å²) in [4.78, 5) is 12.1. The lowest BCUT2D eigenvalue weighted by Crippen LogP contribution is -2.26. The zero-order valence-electron chi connectivity index (χ0n) is 15.8. The van der Waals surface area contributed by atoms with Crippen LogP contribution in [0.4, 0.5) is 4.79 Å². The summed E-state index contributed by atoms with van der Waals surface area (Å²) in [6, 6.07) is 16.6. The Kier molecular flexibility index (Phi) is 5.24. The van der Waals surface area contributed by atoms with Crippen LogP contribution in [0.1, 0.15) is 29.0 Å². The third kappa shape index (κ3) is 3.83. The van der Waals surface area contributed by atoms with Gasteiger partial charge < -0.3 is 10.1 Å². The van der Waals surface area contributed by atoms with Gasteiger partial charge in [-0.15, -0.1) is 0 Å². The first kappa shape index (κ1) is 18.0. The summed E-state index contributed by atoms with van der Waals surface area (Å²) in [5.41, 5.74) is 5.94. The molecule has 1 aliphatic carbocycles. The van der Waals surface area contributed by atoms with Crippen molar-refractivity contribution in [1.82, 2.24) is 15.1 Å². The van der Waals surface area contributed by atoms with Gasteiger partial charge in [-0.3, -0.25) is 4.68 Å². The van der Waals surface area contributed by atoms with Crippen LogP contribution in [-0.2, 0) is 11.8 Å². The molecule has 0 radical (unpaired) electrons. The number of aryl methyl sites for hydroxylation is 1. The zero-order valence-corrected chi connectivity index (χ0v) is 15.8. The largest absolute Gasteiger partial charge is 0.449 e. The van der Waals surface area contributed by atoms with Crippen molar-refractivity contribution in [3.05, 3.63) is 83.7 Å². The lowest BCUT2D eigenvalue weighted by atomic mass is 9.98. The molecular formula is C23H23N3O2. The fraction of sp³-hybridized carbons (Fsp3) is 0.217. The number of carbonyl (C=O) groups is 1. The minimum Gasteiger partial charge on any atom is -0.449 e. The van der Waals surface area contributed by atoms with Crippen molar-refractivity contribution in [3.8, 4) is 11.1 Å². The van der Waals surface area contributed by atoms with Crippen LogP contribution in [0.25, 0.3) is 17.2 Å². The Labute approximate surface area is 164 Å². The van der Waals surface area contributed by atoms with Gasteiger partial charge in [-0.2, -0.15) is 5.10 Å². The van der Waals surface area contributed by atoms with E-state index in [0.29, 0.717) is 13.2 Å². The molecule has 0 unspecified atom stereocenters. The van der Waals surface area contributed by atoms with Gasteiger partial charge in [0.25, 0.3) is 0 Å². The molecule has 142 valence electrons. The van der Waals surface area contributed by atoms with E-state index in [2.05, 4.69) is 34.7 Å². The van der Waals surface area contributed by atoms with E-state index in [1.54, 1.807) is 10.9 Å². The van der Waals surface area contributed by atoms with E-state index in [-0.39, 0.29) is 12.0 Å². The molecule has 1 N–H and O–H groups in total. The first-order chi connectivity index (χ1) is 13.7. The predicted octanol–water partition coefficient (Wildman–Crippen LogP) is 4.36. The summed E-state index contributed by atoms with van der Waals surface area (Å²) in [5.74, 6) is 0.0867. The summed E-state index contributed by atoms with van der Waals surface area (Å²) in [6.07, 6.45) is 8.11. The highest BCUT2D eigenvalue weighted by molar-refractivity contribution is 5.79. The Morgan fingerprint density at radius 1 is 1.14 bits per heavy atom. The Bertz CT molecular complexity index is 961. The summed E-state index contributed by atoms with van der Waals surface area (Å²) in [5, 5.41) is 6.93. The number of ether oxygens (including phenoxy) is 1. The van der Waals surface area contributed by atoms with Gasteiger partial charge in [-0.1, -0.05) is 60.7 Å². The van der Waals surface area contributed by atoms with Crippen LogP contribution < -0.4 is 5.32 Å². The quantitative estimate of drug-likeness (QED) is 0.653. The Hall–Kier alpha value is -3.34. The van der Waals surface area contributed by atoms with E-state index in [0.717, 1.165) is 12.0 Å². The molecule has 5 heteroatoms. The lowest BCUT2D eigenvalue weighted by Gasteiger charge is -2.14. The maximum absolute atomic E-state index is 12.1. The molecule has 3 aromatic rings. The number of nitrogens with one attached hydrogen (secondary N) is 1. The Morgan fingerprint density at radius 3 is 2.46 bits per heavy atom. The van der Waals surface area contributed by atoms with Gasteiger partial charge in [0.05, 0.1) is 6.20 Å². The van der Waals surface area contributed by atoms with Crippen molar-refractivity contribution in [2.75, 3.05) is 13.2 Å². The highest BCUT2D eigenvalue weighted by Crippen LogP contribution is 2.44. The van der Waals surface area contributed by atoms with E-state index in [9.17, 15) is 4.79 Å². The summed E-state index contributed by atoms with van der Waals surface area (Å²) < 4.78 is 7.28. The van der Waals surface area contributed by atoms with Crippen molar-refractivity contribution < 1.29 is 9.53 Å². The van der Waals surface area contributed by atoms with Crippen molar-refractivity contribution in [2.45, 2.75) is 12.3 Å². The lowest BCUT2D eigenvalue weighted by molar-refractivity contribution is 0.143. The van der Waals surface area contributed by atoms with Crippen LogP contribution in [0.15, 0.2) is 67.0 Å². The summed E-state index contributed by atoms with van der Waals surface area (Å²) in [6.45, 7) is 0.874. The molecule has 1 aliphatic rings. The van der Waals surface area contributed by atoms with E-state index < -0.39 is 0 Å². The third-order valence-corrected chi connectivity index (χ3v) is 4.96. The average Bonchev–Trinajstić information content (AvgIpc) is 3.27. The number of hydrogen-bond donors (Lipinski definition) is 1. The number of carbonyl (C=O) groups excluding carboxylic acids is 1. The van der Waals surface area contributed by atoms with Crippen LogP contribution in [0.2, 0.25) is 0 Å². The smallest absolute Gasteiger partial charge is 0.407 e. The Balaban J connectivity index is 1.29. The normalized spacial score (nSPS) is 12.8. The average molecular weight is 373 g/mol. The molecule has 2 aromatic carbocycles. The molecule has 28 heavy (non-hydrogen) atoms. The number of alkyl carbamates (subject to hydrolysis) is 1. The zero-order chi connectivity index (χ0) is 19.3. The fourth-order valence-corrected chi connectivity index (χ4v) is 3.65. The van der Waals surface area contributed by atoms with Crippen molar-refractivity contribution >= 4 is 12.2 Å². The Morgan fingerprint density at radius 2 is 1.82 bits per heavy atom. The van der Waals surface area contributed by atoms with E-state index in [4.69, 9.17) is 4.74 Å². The minimum atomic E-state index is -0.378. The van der Waals surface area contributed by atoms with Gasteiger partial charge >= 0.3 is 6.09 Å². The summed E-state index contributed by atoms with van der Waals surface area (Å²) >= 11 is 0. The molecule has 0 spiro atoms. The molecule has 1 heterocycles. The molecule has 1 amide bonds. The first-order valence-electron chi connectivity index (χ1n) is 9.46. The molecule has 0 saturated heterocycles. The van der Waals surface area contributed by atoms with Crippen LogP contribution in [0.3, 0.4) is 0 Å². The maximum Gasteiger partial charge on any atom is 0.407 e. The molecule has 5 nitrogen and oxygen atoms in total.